The van der Waals surface area contributed by atoms with Gasteiger partial charge in [0.25, 0.3) is 0 Å². The summed E-state index contributed by atoms with van der Waals surface area (Å²) in [4.78, 5) is 0. The van der Waals surface area contributed by atoms with Crippen LogP contribution >= 0.6 is 0 Å². The Morgan fingerprint density at radius 1 is 0.477 bits per heavy atom. The molecule has 0 radical (unpaired) electrons. The van der Waals surface area contributed by atoms with E-state index in [-0.39, 0.29) is 0 Å². The van der Waals surface area contributed by atoms with Crippen molar-refractivity contribution >= 4 is 43.6 Å². The minimum atomic E-state index is 0.293. The predicted molar refractivity (Wildman–Crippen MR) is 181 cm³/mol. The van der Waals surface area contributed by atoms with Crippen LogP contribution in [0.5, 0.6) is 17.2 Å². The molecule has 9 rings (SSSR count). The average molecular weight is 571 g/mol. The first-order chi connectivity index (χ1) is 21.3. The van der Waals surface area contributed by atoms with Gasteiger partial charge in [-0.25, -0.2) is 0 Å². The quantitative estimate of drug-likeness (QED) is 0.225. The van der Waals surface area contributed by atoms with E-state index in [0.29, 0.717) is 5.75 Å². The molecule has 1 aliphatic heterocycles. The molecule has 0 spiro atoms. The molecule has 212 valence electrons. The maximum absolute atomic E-state index is 11.2. The summed E-state index contributed by atoms with van der Waals surface area (Å²) in [7, 11) is 0. The fourth-order valence-corrected chi connectivity index (χ4v) is 7.17. The molecule has 3 heterocycles. The number of aromatic nitrogens is 2. The zero-order valence-electron chi connectivity index (χ0n) is 25.1. The summed E-state index contributed by atoms with van der Waals surface area (Å²) in [5.41, 5.74) is 13.2. The molecule has 1 aliphatic rings. The van der Waals surface area contributed by atoms with E-state index >= 15 is 0 Å². The molecule has 0 aliphatic carbocycles. The molecule has 8 aromatic rings. The van der Waals surface area contributed by atoms with Crippen molar-refractivity contribution in [3.05, 3.63) is 125 Å². The van der Waals surface area contributed by atoms with Crippen molar-refractivity contribution in [2.45, 2.75) is 27.7 Å². The van der Waals surface area contributed by atoms with Crippen molar-refractivity contribution in [3.8, 4) is 39.8 Å². The second-order valence-electron chi connectivity index (χ2n) is 12.4. The van der Waals surface area contributed by atoms with Crippen molar-refractivity contribution in [2.75, 3.05) is 0 Å². The molecule has 4 nitrogen and oxygen atoms in total. The number of aryl methyl sites for hydroxylation is 4. The zero-order chi connectivity index (χ0) is 29.9. The maximum Gasteiger partial charge on any atom is 0.152 e. The molecule has 0 unspecified atom stereocenters. The first-order valence-electron chi connectivity index (χ1n) is 15.1. The molecular weight excluding hydrogens is 540 g/mol. The van der Waals surface area contributed by atoms with Gasteiger partial charge in [0.2, 0.25) is 0 Å². The Labute approximate surface area is 255 Å². The topological polar surface area (TPSA) is 39.3 Å². The third-order valence-corrected chi connectivity index (χ3v) is 9.16. The van der Waals surface area contributed by atoms with Gasteiger partial charge in [0.05, 0.1) is 27.8 Å². The number of rotatable bonds is 2. The molecule has 0 amide bonds. The Hall–Kier alpha value is -5.48. The highest BCUT2D eigenvalue weighted by Crippen LogP contribution is 2.47. The van der Waals surface area contributed by atoms with Gasteiger partial charge in [-0.2, -0.15) is 0 Å². The van der Waals surface area contributed by atoms with E-state index in [4.69, 9.17) is 4.74 Å². The number of hydrogen-bond donors (Lipinski definition) is 1. The third-order valence-electron chi connectivity index (χ3n) is 9.16. The van der Waals surface area contributed by atoms with Crippen molar-refractivity contribution in [3.63, 3.8) is 0 Å². The number of phenolic OH excluding ortho intramolecular Hbond substituents is 1. The number of hydrogen-bond acceptors (Lipinski definition) is 2. The van der Waals surface area contributed by atoms with Gasteiger partial charge in [0.1, 0.15) is 5.75 Å². The molecule has 6 aromatic carbocycles. The van der Waals surface area contributed by atoms with E-state index in [1.807, 2.05) is 13.0 Å². The average Bonchev–Trinajstić information content (AvgIpc) is 3.50. The second kappa shape index (κ2) is 8.77. The van der Waals surface area contributed by atoms with Gasteiger partial charge >= 0.3 is 0 Å². The lowest BCUT2D eigenvalue weighted by atomic mass is 10.00. The number of fused-ring (bicyclic) bond motifs is 8. The van der Waals surface area contributed by atoms with E-state index in [9.17, 15) is 5.11 Å². The van der Waals surface area contributed by atoms with Crippen LogP contribution in [0.2, 0.25) is 0 Å². The summed E-state index contributed by atoms with van der Waals surface area (Å²) in [6.07, 6.45) is 0. The minimum absolute atomic E-state index is 0.293. The van der Waals surface area contributed by atoms with Gasteiger partial charge in [-0.15, -0.1) is 0 Å². The van der Waals surface area contributed by atoms with Crippen molar-refractivity contribution < 1.29 is 9.84 Å². The lowest BCUT2D eigenvalue weighted by molar-refractivity contribution is 0.475. The molecule has 0 atom stereocenters. The lowest BCUT2D eigenvalue weighted by Crippen LogP contribution is -2.04. The van der Waals surface area contributed by atoms with Crippen LogP contribution < -0.4 is 4.74 Å². The van der Waals surface area contributed by atoms with Crippen LogP contribution in [-0.2, 0) is 0 Å². The summed E-state index contributed by atoms with van der Waals surface area (Å²) in [6, 6.07) is 36.8. The molecule has 4 heteroatoms. The van der Waals surface area contributed by atoms with E-state index in [1.54, 1.807) is 0 Å². The lowest BCUT2D eigenvalue weighted by Gasteiger charge is -2.21. The zero-order valence-corrected chi connectivity index (χ0v) is 25.1. The number of phenols is 1. The summed E-state index contributed by atoms with van der Waals surface area (Å²) in [6.45, 7) is 8.36. The van der Waals surface area contributed by atoms with Crippen molar-refractivity contribution in [1.82, 2.24) is 9.13 Å². The minimum Gasteiger partial charge on any atom is -0.506 e. The molecule has 0 saturated heterocycles. The van der Waals surface area contributed by atoms with Gasteiger partial charge in [-0.1, -0.05) is 35.9 Å². The van der Waals surface area contributed by atoms with Crippen LogP contribution in [0.4, 0.5) is 0 Å². The Kier molecular flexibility index (Phi) is 5.00. The Morgan fingerprint density at radius 2 is 1.07 bits per heavy atom. The van der Waals surface area contributed by atoms with Crippen molar-refractivity contribution in [2.24, 2.45) is 0 Å². The summed E-state index contributed by atoms with van der Waals surface area (Å²) in [5, 5.41) is 15.7. The first kappa shape index (κ1) is 25.1. The third kappa shape index (κ3) is 3.45. The van der Waals surface area contributed by atoms with Crippen LogP contribution in [-0.4, -0.2) is 14.2 Å². The van der Waals surface area contributed by atoms with E-state index in [0.717, 1.165) is 66.9 Å². The normalized spacial score (nSPS) is 12.4. The molecular formula is C40H30N2O2. The van der Waals surface area contributed by atoms with Gasteiger partial charge < -0.3 is 19.0 Å². The number of ether oxygens (including phenoxy) is 1. The standard InChI is InChI=1S/C40H30N2O2/c1-22-5-10-28(11-6-22)41-33-13-8-26(20-29(33)31-15-24(3)17-36(43)39(31)41)27-9-14-34-30(21-27)32-16-25(4)19-38-40(32)42(34)35-12-7-23(2)18-37(35)44-38/h5-21,43H,1-4H3. The SMILES string of the molecule is Cc1ccc(-n2c3ccc(-c4ccc5c(c4)c4cc(C)cc6c4n5-c4ccc(C)cc4O6)cc3c3cc(C)cc(O)c32)cc1. The highest BCUT2D eigenvalue weighted by atomic mass is 16.5. The smallest absolute Gasteiger partial charge is 0.152 e. The molecule has 0 saturated carbocycles. The van der Waals surface area contributed by atoms with Crippen LogP contribution in [0, 0.1) is 27.7 Å². The Balaban J connectivity index is 1.30. The highest BCUT2D eigenvalue weighted by Gasteiger charge is 2.25. The fraction of sp³-hybridized carbons (Fsp3) is 0.100. The Bertz CT molecular complexity index is 2430. The number of aromatic hydroxyl groups is 1. The fourth-order valence-electron chi connectivity index (χ4n) is 7.17. The van der Waals surface area contributed by atoms with Gasteiger partial charge in [-0.05, 0) is 128 Å². The van der Waals surface area contributed by atoms with Crippen molar-refractivity contribution in [1.29, 1.82) is 0 Å². The van der Waals surface area contributed by atoms with Gasteiger partial charge in [-0.3, -0.25) is 0 Å². The number of nitrogens with zero attached hydrogens (tertiary/aromatic N) is 2. The van der Waals surface area contributed by atoms with E-state index in [1.165, 1.54) is 33.0 Å². The summed E-state index contributed by atoms with van der Waals surface area (Å²) >= 11 is 0. The number of benzene rings is 6. The molecule has 44 heavy (non-hydrogen) atoms. The van der Waals surface area contributed by atoms with Gasteiger partial charge in [0.15, 0.2) is 11.5 Å². The summed E-state index contributed by atoms with van der Waals surface area (Å²) in [5.74, 6) is 2.08. The second-order valence-corrected chi connectivity index (χ2v) is 12.4. The predicted octanol–water partition coefficient (Wildman–Crippen LogP) is 10.6. The van der Waals surface area contributed by atoms with E-state index < -0.39 is 0 Å². The monoisotopic (exact) mass is 570 g/mol. The first-order valence-corrected chi connectivity index (χ1v) is 15.1. The molecule has 1 N–H and O–H groups in total. The molecule has 2 aromatic heterocycles. The van der Waals surface area contributed by atoms with E-state index in [2.05, 4.69) is 127 Å². The highest BCUT2D eigenvalue weighted by molar-refractivity contribution is 6.15. The van der Waals surface area contributed by atoms with Crippen LogP contribution in [0.25, 0.3) is 66.1 Å². The largest absolute Gasteiger partial charge is 0.506 e. The molecule has 0 bridgehead atoms. The summed E-state index contributed by atoms with van der Waals surface area (Å²) < 4.78 is 11.0. The maximum atomic E-state index is 11.2. The van der Waals surface area contributed by atoms with Gasteiger partial charge in [0, 0.05) is 27.2 Å². The van der Waals surface area contributed by atoms with Crippen LogP contribution in [0.3, 0.4) is 0 Å². The van der Waals surface area contributed by atoms with Crippen LogP contribution in [0.15, 0.2) is 103 Å². The van der Waals surface area contributed by atoms with Crippen LogP contribution in [0.1, 0.15) is 22.3 Å². The Morgan fingerprint density at radius 3 is 1.77 bits per heavy atom. The molecule has 0 fully saturated rings.